The van der Waals surface area contributed by atoms with Crippen LogP contribution in [0.3, 0.4) is 0 Å². The number of hydrogen-bond acceptors (Lipinski definition) is 2. The molecule has 0 bridgehead atoms. The minimum absolute atomic E-state index is 0.0336. The Hall–Kier alpha value is -1.33. The topological polar surface area (TPSA) is 50.4 Å². The summed E-state index contributed by atoms with van der Waals surface area (Å²) in [4.78, 5) is 11.8. The maximum atomic E-state index is 13.6. The molecule has 0 aliphatic heterocycles. The lowest BCUT2D eigenvalue weighted by Gasteiger charge is -2.41. The first kappa shape index (κ1) is 16.0. The van der Waals surface area contributed by atoms with Gasteiger partial charge in [0, 0.05) is 23.6 Å². The lowest BCUT2D eigenvalue weighted by Crippen LogP contribution is -2.46. The average molecular weight is 315 g/mol. The second kappa shape index (κ2) is 7.09. The van der Waals surface area contributed by atoms with Gasteiger partial charge < -0.3 is 15.4 Å². The van der Waals surface area contributed by atoms with Crippen molar-refractivity contribution in [2.75, 3.05) is 25.1 Å². The highest BCUT2D eigenvalue weighted by Crippen LogP contribution is 2.40. The van der Waals surface area contributed by atoms with Crippen molar-refractivity contribution in [2.45, 2.75) is 26.2 Å². The summed E-state index contributed by atoms with van der Waals surface area (Å²) in [6.45, 7) is 3.81. The number of benzene rings is 1. The maximum Gasteiger partial charge on any atom is 0.319 e. The molecule has 21 heavy (non-hydrogen) atoms. The second-order valence-electron chi connectivity index (χ2n) is 5.42. The van der Waals surface area contributed by atoms with E-state index in [0.717, 1.165) is 19.3 Å². The molecule has 0 radical (unpaired) electrons. The third-order valence-corrected chi connectivity index (χ3v) is 4.06. The van der Waals surface area contributed by atoms with Crippen molar-refractivity contribution in [1.29, 1.82) is 0 Å². The summed E-state index contributed by atoms with van der Waals surface area (Å²) >= 11 is 5.67. The molecule has 2 N–H and O–H groups in total. The van der Waals surface area contributed by atoms with Gasteiger partial charge in [-0.25, -0.2) is 9.18 Å². The van der Waals surface area contributed by atoms with E-state index in [0.29, 0.717) is 24.8 Å². The highest BCUT2D eigenvalue weighted by molar-refractivity contribution is 6.30. The fourth-order valence-corrected chi connectivity index (χ4v) is 2.55. The van der Waals surface area contributed by atoms with Crippen molar-refractivity contribution < 1.29 is 13.9 Å². The Morgan fingerprint density at radius 1 is 1.48 bits per heavy atom. The summed E-state index contributed by atoms with van der Waals surface area (Å²) in [5.74, 6) is -0.551. The van der Waals surface area contributed by atoms with Gasteiger partial charge in [-0.05, 0) is 38.0 Å². The number of nitrogens with one attached hydrogen (secondary N) is 2. The molecule has 0 atom stereocenters. The van der Waals surface area contributed by atoms with E-state index in [9.17, 15) is 9.18 Å². The molecular weight excluding hydrogens is 295 g/mol. The smallest absolute Gasteiger partial charge is 0.319 e. The largest absolute Gasteiger partial charge is 0.381 e. The van der Waals surface area contributed by atoms with Crippen LogP contribution in [0.1, 0.15) is 26.2 Å². The summed E-state index contributed by atoms with van der Waals surface area (Å²) in [6, 6.07) is 3.72. The van der Waals surface area contributed by atoms with Crippen molar-refractivity contribution in [2.24, 2.45) is 5.41 Å². The molecule has 6 heteroatoms. The van der Waals surface area contributed by atoms with E-state index in [1.54, 1.807) is 0 Å². The van der Waals surface area contributed by atoms with E-state index in [4.69, 9.17) is 16.3 Å². The summed E-state index contributed by atoms with van der Waals surface area (Å²) in [6.07, 6.45) is 3.24. The van der Waals surface area contributed by atoms with Crippen LogP contribution in [0.25, 0.3) is 0 Å². The molecule has 1 aliphatic rings. The molecular formula is C15H20ClFN2O2. The minimum Gasteiger partial charge on any atom is -0.381 e. The molecule has 1 fully saturated rings. The summed E-state index contributed by atoms with van der Waals surface area (Å²) in [7, 11) is 0. The van der Waals surface area contributed by atoms with Gasteiger partial charge >= 0.3 is 6.03 Å². The number of carbonyl (C=O) groups is 1. The fourth-order valence-electron chi connectivity index (χ4n) is 2.39. The van der Waals surface area contributed by atoms with Gasteiger partial charge in [-0.15, -0.1) is 0 Å². The van der Waals surface area contributed by atoms with Crippen molar-refractivity contribution in [1.82, 2.24) is 5.32 Å². The number of amides is 2. The zero-order chi connectivity index (χ0) is 15.3. The van der Waals surface area contributed by atoms with E-state index in [1.165, 1.54) is 18.2 Å². The van der Waals surface area contributed by atoms with Crippen LogP contribution in [0.5, 0.6) is 0 Å². The SMILES string of the molecule is CCOCC1(CNC(=O)Nc2ccc(Cl)cc2F)CCC1. The quantitative estimate of drug-likeness (QED) is 0.839. The van der Waals surface area contributed by atoms with Crippen LogP contribution in [0.15, 0.2) is 18.2 Å². The van der Waals surface area contributed by atoms with Gasteiger partial charge in [-0.2, -0.15) is 0 Å². The Kier molecular flexibility index (Phi) is 5.42. The Balaban J connectivity index is 1.84. The number of carbonyl (C=O) groups excluding carboxylic acids is 1. The van der Waals surface area contributed by atoms with Gasteiger partial charge in [0.1, 0.15) is 5.82 Å². The second-order valence-corrected chi connectivity index (χ2v) is 5.86. The predicted molar refractivity (Wildman–Crippen MR) is 81.2 cm³/mol. The normalized spacial score (nSPS) is 16.1. The molecule has 1 saturated carbocycles. The van der Waals surface area contributed by atoms with Crippen LogP contribution in [0, 0.1) is 11.2 Å². The molecule has 2 amide bonds. The van der Waals surface area contributed by atoms with Crippen LogP contribution >= 0.6 is 11.6 Å². The van der Waals surface area contributed by atoms with E-state index in [1.807, 2.05) is 6.92 Å². The molecule has 0 heterocycles. The van der Waals surface area contributed by atoms with Gasteiger partial charge in [0.15, 0.2) is 0 Å². The maximum absolute atomic E-state index is 13.6. The molecule has 4 nitrogen and oxygen atoms in total. The first-order valence-electron chi connectivity index (χ1n) is 7.12. The zero-order valence-corrected chi connectivity index (χ0v) is 12.8. The van der Waals surface area contributed by atoms with Crippen LogP contribution < -0.4 is 10.6 Å². The van der Waals surface area contributed by atoms with Gasteiger partial charge in [-0.1, -0.05) is 18.0 Å². The summed E-state index contributed by atoms with van der Waals surface area (Å²) < 4.78 is 19.1. The average Bonchev–Trinajstić information content (AvgIpc) is 2.40. The molecule has 1 aliphatic carbocycles. The number of ether oxygens (including phenoxy) is 1. The van der Waals surface area contributed by atoms with Crippen LogP contribution in [-0.4, -0.2) is 25.8 Å². The zero-order valence-electron chi connectivity index (χ0n) is 12.0. The first-order chi connectivity index (χ1) is 10.0. The highest BCUT2D eigenvalue weighted by atomic mass is 35.5. The summed E-state index contributed by atoms with van der Waals surface area (Å²) in [5, 5.41) is 5.58. The summed E-state index contributed by atoms with van der Waals surface area (Å²) in [5.41, 5.74) is 0.149. The third-order valence-electron chi connectivity index (χ3n) is 3.83. The molecule has 1 aromatic rings. The highest BCUT2D eigenvalue weighted by Gasteiger charge is 2.37. The van der Waals surface area contributed by atoms with Crippen LogP contribution in [0.4, 0.5) is 14.9 Å². The van der Waals surface area contributed by atoms with Gasteiger partial charge in [0.2, 0.25) is 0 Å². The van der Waals surface area contributed by atoms with Gasteiger partial charge in [0.05, 0.1) is 12.3 Å². The Bertz CT molecular complexity index is 506. The van der Waals surface area contributed by atoms with Crippen molar-refractivity contribution in [3.05, 3.63) is 29.0 Å². The predicted octanol–water partition coefficient (Wildman–Crippen LogP) is 3.81. The lowest BCUT2D eigenvalue weighted by molar-refractivity contribution is 0.00132. The monoisotopic (exact) mass is 314 g/mol. The molecule has 116 valence electrons. The third kappa shape index (κ3) is 4.32. The van der Waals surface area contributed by atoms with E-state index in [-0.39, 0.29) is 11.1 Å². The number of hydrogen-bond donors (Lipinski definition) is 2. The molecule has 2 rings (SSSR count). The van der Waals surface area contributed by atoms with Gasteiger partial charge in [0.25, 0.3) is 0 Å². The molecule has 0 aromatic heterocycles. The fraction of sp³-hybridized carbons (Fsp3) is 0.533. The Labute approximate surface area is 129 Å². The van der Waals surface area contributed by atoms with Crippen LogP contribution in [0.2, 0.25) is 5.02 Å². The van der Waals surface area contributed by atoms with Gasteiger partial charge in [-0.3, -0.25) is 0 Å². The number of rotatable bonds is 6. The number of halogens is 2. The van der Waals surface area contributed by atoms with Crippen molar-refractivity contribution in [3.63, 3.8) is 0 Å². The molecule has 0 saturated heterocycles. The number of anilines is 1. The van der Waals surface area contributed by atoms with E-state index < -0.39 is 11.8 Å². The molecule has 1 aromatic carbocycles. The lowest BCUT2D eigenvalue weighted by atomic mass is 9.69. The number of urea groups is 1. The van der Waals surface area contributed by atoms with E-state index in [2.05, 4.69) is 10.6 Å². The van der Waals surface area contributed by atoms with E-state index >= 15 is 0 Å². The van der Waals surface area contributed by atoms with Crippen LogP contribution in [-0.2, 0) is 4.74 Å². The standard InChI is InChI=1S/C15H20ClFN2O2/c1-2-21-10-15(6-3-7-15)9-18-14(20)19-13-5-4-11(16)8-12(13)17/h4-5,8H,2-3,6-7,9-10H2,1H3,(H2,18,19,20). The molecule has 0 spiro atoms. The van der Waals surface area contributed by atoms with Crippen molar-refractivity contribution in [3.8, 4) is 0 Å². The molecule has 0 unspecified atom stereocenters. The minimum atomic E-state index is -0.551. The van der Waals surface area contributed by atoms with Crippen molar-refractivity contribution >= 4 is 23.3 Å². The first-order valence-corrected chi connectivity index (χ1v) is 7.50. The Morgan fingerprint density at radius 2 is 2.24 bits per heavy atom. The Morgan fingerprint density at radius 3 is 2.81 bits per heavy atom.